The smallest absolute Gasteiger partial charge is 0.275 e. The van der Waals surface area contributed by atoms with Gasteiger partial charge in [-0.15, -0.1) is 0 Å². The van der Waals surface area contributed by atoms with E-state index in [4.69, 9.17) is 14.2 Å². The predicted molar refractivity (Wildman–Crippen MR) is 118 cm³/mol. The van der Waals surface area contributed by atoms with E-state index in [1.807, 2.05) is 6.07 Å². The molecule has 0 saturated heterocycles. The van der Waals surface area contributed by atoms with Gasteiger partial charge in [0.1, 0.15) is 23.9 Å². The van der Waals surface area contributed by atoms with Gasteiger partial charge in [-0.2, -0.15) is 5.10 Å². The largest absolute Gasteiger partial charge is 0.497 e. The molecule has 1 N–H and O–H groups in total. The number of nitro groups is 1. The molecule has 0 atom stereocenters. The Hall–Kier alpha value is -4.40. The van der Waals surface area contributed by atoms with Crippen LogP contribution in [0, 0.1) is 10.1 Å². The van der Waals surface area contributed by atoms with Crippen LogP contribution in [0.4, 0.5) is 5.69 Å². The molecule has 0 spiro atoms. The molecule has 0 bridgehead atoms. The SMILES string of the molecule is COc1ccc(C(=O)N/N=C\c2cccc(OCc3ccc([N+](=O)[O-])cc3)c2)c(OC)c1. The Morgan fingerprint density at radius 2 is 1.81 bits per heavy atom. The van der Waals surface area contributed by atoms with E-state index in [1.165, 1.54) is 32.6 Å². The highest BCUT2D eigenvalue weighted by Crippen LogP contribution is 2.24. The van der Waals surface area contributed by atoms with Gasteiger partial charge in [0, 0.05) is 18.2 Å². The van der Waals surface area contributed by atoms with Crippen molar-refractivity contribution in [2.75, 3.05) is 14.2 Å². The number of nitrogens with one attached hydrogen (secondary N) is 1. The number of benzene rings is 3. The van der Waals surface area contributed by atoms with E-state index in [1.54, 1.807) is 48.5 Å². The fourth-order valence-corrected chi connectivity index (χ4v) is 2.78. The first-order chi connectivity index (χ1) is 15.5. The Balaban J connectivity index is 1.59. The zero-order chi connectivity index (χ0) is 22.9. The van der Waals surface area contributed by atoms with Crippen molar-refractivity contribution in [3.8, 4) is 17.2 Å². The maximum absolute atomic E-state index is 12.4. The molecule has 0 aliphatic rings. The molecule has 164 valence electrons. The monoisotopic (exact) mass is 435 g/mol. The summed E-state index contributed by atoms with van der Waals surface area (Å²) < 4.78 is 16.1. The molecule has 0 saturated carbocycles. The van der Waals surface area contributed by atoms with Crippen molar-refractivity contribution in [2.45, 2.75) is 6.61 Å². The Labute approximate surface area is 184 Å². The number of carbonyl (C=O) groups is 1. The highest BCUT2D eigenvalue weighted by atomic mass is 16.6. The van der Waals surface area contributed by atoms with Crippen molar-refractivity contribution in [3.63, 3.8) is 0 Å². The summed E-state index contributed by atoms with van der Waals surface area (Å²) in [5.74, 6) is 1.12. The van der Waals surface area contributed by atoms with Crippen LogP contribution in [-0.2, 0) is 6.61 Å². The lowest BCUT2D eigenvalue weighted by atomic mass is 10.2. The Morgan fingerprint density at radius 3 is 2.50 bits per heavy atom. The molecule has 0 radical (unpaired) electrons. The number of hydrogen-bond acceptors (Lipinski definition) is 7. The first-order valence-electron chi connectivity index (χ1n) is 9.52. The standard InChI is InChI=1S/C23H21N3O6/c1-30-19-10-11-21(22(13-19)31-2)23(27)25-24-14-17-4-3-5-20(12-17)32-15-16-6-8-18(9-7-16)26(28)29/h3-14H,15H2,1-2H3,(H,25,27)/b24-14-. The first-order valence-corrected chi connectivity index (χ1v) is 9.52. The van der Waals surface area contributed by atoms with Crippen molar-refractivity contribution in [3.05, 3.63) is 93.5 Å². The number of hydrogen-bond donors (Lipinski definition) is 1. The van der Waals surface area contributed by atoms with Gasteiger partial charge in [-0.25, -0.2) is 5.43 Å². The van der Waals surface area contributed by atoms with Crippen molar-refractivity contribution in [2.24, 2.45) is 5.10 Å². The molecule has 32 heavy (non-hydrogen) atoms. The van der Waals surface area contributed by atoms with E-state index in [2.05, 4.69) is 10.5 Å². The quantitative estimate of drug-likeness (QED) is 0.309. The van der Waals surface area contributed by atoms with Crippen molar-refractivity contribution in [1.29, 1.82) is 0 Å². The maximum atomic E-state index is 12.4. The predicted octanol–water partition coefficient (Wildman–Crippen LogP) is 3.95. The molecule has 0 aliphatic heterocycles. The van der Waals surface area contributed by atoms with Crippen LogP contribution in [0.2, 0.25) is 0 Å². The Morgan fingerprint density at radius 1 is 1.03 bits per heavy atom. The third kappa shape index (κ3) is 5.82. The topological polar surface area (TPSA) is 112 Å². The Bertz CT molecular complexity index is 1130. The van der Waals surface area contributed by atoms with Crippen LogP contribution in [0.25, 0.3) is 0 Å². The van der Waals surface area contributed by atoms with E-state index < -0.39 is 10.8 Å². The second kappa shape index (κ2) is 10.6. The molecule has 3 aromatic carbocycles. The van der Waals surface area contributed by atoms with E-state index >= 15 is 0 Å². The van der Waals surface area contributed by atoms with Gasteiger partial charge in [-0.3, -0.25) is 14.9 Å². The van der Waals surface area contributed by atoms with Crippen molar-refractivity contribution >= 4 is 17.8 Å². The van der Waals surface area contributed by atoms with Crippen molar-refractivity contribution in [1.82, 2.24) is 5.43 Å². The van der Waals surface area contributed by atoms with Crippen LogP contribution >= 0.6 is 0 Å². The van der Waals surface area contributed by atoms with E-state index in [0.717, 1.165) is 5.56 Å². The number of nitro benzene ring substituents is 1. The first kappa shape index (κ1) is 22.3. The zero-order valence-electron chi connectivity index (χ0n) is 17.5. The van der Waals surface area contributed by atoms with Crippen LogP contribution in [0.5, 0.6) is 17.2 Å². The van der Waals surface area contributed by atoms with Gasteiger partial charge in [0.25, 0.3) is 11.6 Å². The number of non-ortho nitro benzene ring substituents is 1. The number of carbonyl (C=O) groups excluding carboxylic acids is 1. The second-order valence-electron chi connectivity index (χ2n) is 6.55. The number of hydrazone groups is 1. The lowest BCUT2D eigenvalue weighted by molar-refractivity contribution is -0.384. The second-order valence-corrected chi connectivity index (χ2v) is 6.55. The molecule has 9 nitrogen and oxygen atoms in total. The molecular weight excluding hydrogens is 414 g/mol. The summed E-state index contributed by atoms with van der Waals surface area (Å²) in [4.78, 5) is 22.7. The molecule has 0 aromatic heterocycles. The number of methoxy groups -OCH3 is 2. The molecule has 3 aromatic rings. The fourth-order valence-electron chi connectivity index (χ4n) is 2.78. The molecule has 3 rings (SSSR count). The van der Waals surface area contributed by atoms with Gasteiger partial charge in [0.15, 0.2) is 0 Å². The molecule has 9 heteroatoms. The van der Waals surface area contributed by atoms with Gasteiger partial charge in [0.05, 0.1) is 30.9 Å². The van der Waals surface area contributed by atoms with Crippen LogP contribution in [0.15, 0.2) is 71.8 Å². The van der Waals surface area contributed by atoms with Crippen LogP contribution < -0.4 is 19.6 Å². The molecule has 0 fully saturated rings. The van der Waals surface area contributed by atoms with Gasteiger partial charge >= 0.3 is 0 Å². The third-order valence-corrected chi connectivity index (χ3v) is 4.44. The number of rotatable bonds is 9. The number of nitrogens with zero attached hydrogens (tertiary/aromatic N) is 2. The summed E-state index contributed by atoms with van der Waals surface area (Å²) >= 11 is 0. The number of amides is 1. The minimum atomic E-state index is -0.447. The Kier molecular flexibility index (Phi) is 7.37. The van der Waals surface area contributed by atoms with Gasteiger partial charge in [0.2, 0.25) is 0 Å². The van der Waals surface area contributed by atoms with Gasteiger partial charge in [-0.05, 0) is 47.5 Å². The summed E-state index contributed by atoms with van der Waals surface area (Å²) in [5, 5.41) is 14.7. The molecule has 0 aliphatic carbocycles. The van der Waals surface area contributed by atoms with Gasteiger partial charge < -0.3 is 14.2 Å². The van der Waals surface area contributed by atoms with Gasteiger partial charge in [-0.1, -0.05) is 12.1 Å². The minimum Gasteiger partial charge on any atom is -0.497 e. The normalized spacial score (nSPS) is 10.6. The average molecular weight is 435 g/mol. The van der Waals surface area contributed by atoms with E-state index in [0.29, 0.717) is 28.4 Å². The highest BCUT2D eigenvalue weighted by molar-refractivity contribution is 5.97. The lowest BCUT2D eigenvalue weighted by Crippen LogP contribution is -2.18. The number of ether oxygens (including phenoxy) is 3. The molecule has 0 unspecified atom stereocenters. The molecule has 0 heterocycles. The highest BCUT2D eigenvalue weighted by Gasteiger charge is 2.12. The average Bonchev–Trinajstić information content (AvgIpc) is 2.82. The minimum absolute atomic E-state index is 0.0290. The summed E-state index contributed by atoms with van der Waals surface area (Å²) in [6.45, 7) is 0.257. The summed E-state index contributed by atoms with van der Waals surface area (Å²) in [5.41, 5.74) is 4.34. The lowest BCUT2D eigenvalue weighted by Gasteiger charge is -2.09. The fraction of sp³-hybridized carbons (Fsp3) is 0.130. The van der Waals surface area contributed by atoms with Crippen molar-refractivity contribution < 1.29 is 23.9 Å². The van der Waals surface area contributed by atoms with Crippen LogP contribution in [0.3, 0.4) is 0 Å². The van der Waals surface area contributed by atoms with Crippen LogP contribution in [0.1, 0.15) is 21.5 Å². The molecular formula is C23H21N3O6. The third-order valence-electron chi connectivity index (χ3n) is 4.44. The van der Waals surface area contributed by atoms with E-state index in [-0.39, 0.29) is 12.3 Å². The maximum Gasteiger partial charge on any atom is 0.275 e. The van der Waals surface area contributed by atoms with Crippen LogP contribution in [-0.4, -0.2) is 31.3 Å². The molecule has 1 amide bonds. The zero-order valence-corrected chi connectivity index (χ0v) is 17.5. The summed E-state index contributed by atoms with van der Waals surface area (Å²) in [7, 11) is 3.00. The summed E-state index contributed by atoms with van der Waals surface area (Å²) in [6, 6.07) is 18.2. The van der Waals surface area contributed by atoms with E-state index in [9.17, 15) is 14.9 Å². The summed E-state index contributed by atoms with van der Waals surface area (Å²) in [6.07, 6.45) is 1.49.